The SMILES string of the molecule is CCN(CC)C([O-])=C1C=CC(=NS(=O)(=O)c2c(Cl)cccc2Cl)C=C1. The Morgan fingerprint density at radius 1 is 1.08 bits per heavy atom. The van der Waals surface area contributed by atoms with Gasteiger partial charge in [-0.2, -0.15) is 12.8 Å². The Hall–Kier alpha value is -1.76. The van der Waals surface area contributed by atoms with Crippen LogP contribution in [-0.4, -0.2) is 32.1 Å². The largest absolute Gasteiger partial charge is 0.860 e. The van der Waals surface area contributed by atoms with Gasteiger partial charge in [-0.25, -0.2) is 0 Å². The summed E-state index contributed by atoms with van der Waals surface area (Å²) in [6.07, 6.45) is 6.03. The molecule has 0 radical (unpaired) electrons. The third kappa shape index (κ3) is 4.45. The molecule has 1 aliphatic carbocycles. The van der Waals surface area contributed by atoms with E-state index in [4.69, 9.17) is 23.2 Å². The first kappa shape index (κ1) is 19.6. The second-order valence-electron chi connectivity index (χ2n) is 5.14. The number of sulfonamides is 1. The van der Waals surface area contributed by atoms with Crippen molar-refractivity contribution in [3.63, 3.8) is 0 Å². The van der Waals surface area contributed by atoms with E-state index in [1.165, 1.54) is 24.3 Å². The van der Waals surface area contributed by atoms with Crippen LogP contribution in [0.1, 0.15) is 13.8 Å². The highest BCUT2D eigenvalue weighted by Gasteiger charge is 2.21. The number of nitrogens with zero attached hydrogens (tertiary/aromatic N) is 2. The lowest BCUT2D eigenvalue weighted by Crippen LogP contribution is -2.31. The van der Waals surface area contributed by atoms with Gasteiger partial charge in [-0.3, -0.25) is 0 Å². The smallest absolute Gasteiger partial charge is 0.285 e. The molecule has 0 amide bonds. The molecule has 0 heterocycles. The molecule has 1 aromatic rings. The summed E-state index contributed by atoms with van der Waals surface area (Å²) in [6.45, 7) is 4.98. The minimum atomic E-state index is -4.07. The summed E-state index contributed by atoms with van der Waals surface area (Å²) in [6, 6.07) is 4.42. The van der Waals surface area contributed by atoms with Crippen molar-refractivity contribution in [3.8, 4) is 0 Å². The van der Waals surface area contributed by atoms with Gasteiger partial charge in [0, 0.05) is 13.1 Å². The molecule has 0 spiro atoms. The maximum Gasteiger partial charge on any atom is 0.285 e. The standard InChI is InChI=1S/C17H18Cl2N2O3S/c1-3-21(4-2)17(22)12-8-10-13(11-9-12)20-25(23,24)16-14(18)6-5-7-15(16)19/h5-11,22H,3-4H2,1-2H3/p-1. The van der Waals surface area contributed by atoms with Crippen LogP contribution in [0.25, 0.3) is 0 Å². The van der Waals surface area contributed by atoms with E-state index < -0.39 is 10.0 Å². The minimum Gasteiger partial charge on any atom is -0.860 e. The molecular weight excluding hydrogens is 383 g/mol. The quantitative estimate of drug-likeness (QED) is 0.712. The Morgan fingerprint density at radius 2 is 1.60 bits per heavy atom. The van der Waals surface area contributed by atoms with Crippen molar-refractivity contribution in [1.82, 2.24) is 4.90 Å². The second-order valence-corrected chi connectivity index (χ2v) is 7.50. The Morgan fingerprint density at radius 3 is 2.08 bits per heavy atom. The first-order valence-electron chi connectivity index (χ1n) is 7.61. The van der Waals surface area contributed by atoms with E-state index in [1.807, 2.05) is 13.8 Å². The van der Waals surface area contributed by atoms with E-state index >= 15 is 0 Å². The first-order valence-corrected chi connectivity index (χ1v) is 9.81. The maximum atomic E-state index is 12.5. The monoisotopic (exact) mass is 399 g/mol. The topological polar surface area (TPSA) is 72.8 Å². The van der Waals surface area contributed by atoms with Crippen LogP contribution in [0.4, 0.5) is 0 Å². The van der Waals surface area contributed by atoms with Gasteiger partial charge in [0.05, 0.1) is 15.8 Å². The summed E-state index contributed by atoms with van der Waals surface area (Å²) in [5.41, 5.74) is 0.655. The van der Waals surface area contributed by atoms with Crippen LogP contribution in [0.15, 0.2) is 63.3 Å². The zero-order valence-electron chi connectivity index (χ0n) is 13.7. The third-order valence-corrected chi connectivity index (χ3v) is 5.83. The zero-order valence-corrected chi connectivity index (χ0v) is 16.1. The normalized spacial score (nSPS) is 13.9. The van der Waals surface area contributed by atoms with E-state index in [9.17, 15) is 13.5 Å². The van der Waals surface area contributed by atoms with Crippen molar-refractivity contribution in [2.45, 2.75) is 18.7 Å². The molecule has 0 saturated heterocycles. The van der Waals surface area contributed by atoms with Gasteiger partial charge in [-0.15, -0.1) is 0 Å². The lowest BCUT2D eigenvalue weighted by Gasteiger charge is -2.30. The van der Waals surface area contributed by atoms with Gasteiger partial charge in [0.2, 0.25) is 0 Å². The fourth-order valence-electron chi connectivity index (χ4n) is 2.27. The highest BCUT2D eigenvalue weighted by molar-refractivity contribution is 7.90. The van der Waals surface area contributed by atoms with Crippen LogP contribution in [0.3, 0.4) is 0 Å². The molecular formula is C17H17Cl2N2O3S-. The third-order valence-electron chi connectivity index (χ3n) is 3.57. The lowest BCUT2D eigenvalue weighted by molar-refractivity contribution is -0.333. The average molecular weight is 400 g/mol. The summed E-state index contributed by atoms with van der Waals surface area (Å²) in [4.78, 5) is 1.44. The minimum absolute atomic E-state index is 0.00424. The van der Waals surface area contributed by atoms with Gasteiger partial charge >= 0.3 is 0 Å². The predicted molar refractivity (Wildman–Crippen MR) is 99.3 cm³/mol. The number of allylic oxidation sites excluding steroid dienone is 5. The molecule has 0 bridgehead atoms. The summed E-state index contributed by atoms with van der Waals surface area (Å²) < 4.78 is 28.7. The number of benzene rings is 1. The molecule has 5 nitrogen and oxygen atoms in total. The molecule has 0 N–H and O–H groups in total. The predicted octanol–water partition coefficient (Wildman–Crippen LogP) is 3.16. The van der Waals surface area contributed by atoms with Crippen molar-refractivity contribution < 1.29 is 13.5 Å². The van der Waals surface area contributed by atoms with Gasteiger partial charge in [0.1, 0.15) is 4.90 Å². The molecule has 0 fully saturated rings. The fraction of sp³-hybridized carbons (Fsp3) is 0.235. The lowest BCUT2D eigenvalue weighted by atomic mass is 10.1. The van der Waals surface area contributed by atoms with E-state index in [0.29, 0.717) is 18.7 Å². The zero-order chi connectivity index (χ0) is 18.6. The summed E-state index contributed by atoms with van der Waals surface area (Å²) in [5.74, 6) is -0.117. The molecule has 2 rings (SSSR count). The van der Waals surface area contributed by atoms with Gasteiger partial charge < -0.3 is 10.0 Å². The Labute approximate surface area is 157 Å². The van der Waals surface area contributed by atoms with Crippen molar-refractivity contribution in [2.24, 2.45) is 4.40 Å². The van der Waals surface area contributed by atoms with Crippen molar-refractivity contribution in [2.75, 3.05) is 13.1 Å². The van der Waals surface area contributed by atoms with Crippen LogP contribution >= 0.6 is 23.2 Å². The molecule has 0 atom stereocenters. The van der Waals surface area contributed by atoms with E-state index in [-0.39, 0.29) is 26.5 Å². The summed E-state index contributed by atoms with van der Waals surface area (Å²) in [7, 11) is -4.07. The Balaban J connectivity index is 2.35. The van der Waals surface area contributed by atoms with E-state index in [2.05, 4.69) is 4.40 Å². The molecule has 134 valence electrons. The molecule has 0 aliphatic heterocycles. The molecule has 8 heteroatoms. The summed E-state index contributed by atoms with van der Waals surface area (Å²) >= 11 is 11.9. The number of hydrogen-bond donors (Lipinski definition) is 0. The number of hydrogen-bond acceptors (Lipinski definition) is 4. The van der Waals surface area contributed by atoms with E-state index in [0.717, 1.165) is 0 Å². The fourth-order valence-corrected chi connectivity index (χ4v) is 4.37. The maximum absolute atomic E-state index is 12.5. The van der Waals surface area contributed by atoms with Crippen molar-refractivity contribution in [1.29, 1.82) is 0 Å². The van der Waals surface area contributed by atoms with Gasteiger partial charge in [0.25, 0.3) is 10.0 Å². The van der Waals surface area contributed by atoms with Crippen molar-refractivity contribution in [3.05, 3.63) is 64.0 Å². The average Bonchev–Trinajstić information content (AvgIpc) is 2.55. The summed E-state index contributed by atoms with van der Waals surface area (Å²) in [5, 5.41) is 12.3. The molecule has 0 aromatic heterocycles. The Bertz CT molecular complexity index is 845. The van der Waals surface area contributed by atoms with Crippen LogP contribution in [-0.2, 0) is 10.0 Å². The van der Waals surface area contributed by atoms with Crippen LogP contribution in [0.2, 0.25) is 10.0 Å². The highest BCUT2D eigenvalue weighted by Crippen LogP contribution is 2.30. The number of halogens is 2. The Kier molecular flexibility index (Phi) is 6.32. The molecule has 1 aliphatic rings. The molecule has 1 aromatic carbocycles. The van der Waals surface area contributed by atoms with Gasteiger partial charge in [0.15, 0.2) is 0 Å². The first-order chi connectivity index (χ1) is 11.8. The van der Waals surface area contributed by atoms with Gasteiger partial charge in [-0.05, 0) is 49.6 Å². The second kappa shape index (κ2) is 8.08. The van der Waals surface area contributed by atoms with Crippen LogP contribution < -0.4 is 5.11 Å². The highest BCUT2D eigenvalue weighted by atomic mass is 35.5. The van der Waals surface area contributed by atoms with Crippen LogP contribution in [0, 0.1) is 0 Å². The van der Waals surface area contributed by atoms with Crippen LogP contribution in [0.5, 0.6) is 0 Å². The molecule has 0 unspecified atom stereocenters. The molecule has 25 heavy (non-hydrogen) atoms. The van der Waals surface area contributed by atoms with Crippen molar-refractivity contribution >= 4 is 38.9 Å². The number of rotatable bonds is 5. The molecule has 0 saturated carbocycles. The van der Waals surface area contributed by atoms with Gasteiger partial charge in [-0.1, -0.05) is 41.4 Å². The van der Waals surface area contributed by atoms with E-state index in [1.54, 1.807) is 23.1 Å².